The molecule has 3 aromatic rings. The molecule has 1 saturated heterocycles. The molecule has 0 bridgehead atoms. The Morgan fingerprint density at radius 1 is 1.35 bits per heavy atom. The second-order valence-corrected chi connectivity index (χ2v) is 8.49. The van der Waals surface area contributed by atoms with E-state index in [2.05, 4.69) is 50.8 Å². The normalized spacial score (nSPS) is 19.5. The Kier molecular flexibility index (Phi) is 4.29. The van der Waals surface area contributed by atoms with Gasteiger partial charge in [-0.15, -0.1) is 10.2 Å². The third-order valence-corrected chi connectivity index (χ3v) is 6.10. The van der Waals surface area contributed by atoms with Gasteiger partial charge in [0.25, 0.3) is 0 Å². The highest BCUT2D eigenvalue weighted by Gasteiger charge is 2.25. The number of fused-ring (bicyclic) bond motifs is 1. The van der Waals surface area contributed by atoms with E-state index in [0.29, 0.717) is 10.9 Å². The van der Waals surface area contributed by atoms with E-state index < -0.39 is 0 Å². The van der Waals surface area contributed by atoms with Crippen molar-refractivity contribution in [3.63, 3.8) is 0 Å². The fourth-order valence-corrected chi connectivity index (χ4v) is 4.67. The van der Waals surface area contributed by atoms with Crippen LogP contribution < -0.4 is 0 Å². The van der Waals surface area contributed by atoms with Crippen LogP contribution in [0.3, 0.4) is 0 Å². The van der Waals surface area contributed by atoms with E-state index in [-0.39, 0.29) is 0 Å². The molecule has 0 saturated carbocycles. The highest BCUT2D eigenvalue weighted by atomic mass is 127. The first-order valence-electron chi connectivity index (χ1n) is 7.48. The summed E-state index contributed by atoms with van der Waals surface area (Å²) in [6.45, 7) is 2.16. The summed E-state index contributed by atoms with van der Waals surface area (Å²) < 4.78 is 3.04. The van der Waals surface area contributed by atoms with Crippen molar-refractivity contribution in [2.75, 3.05) is 20.1 Å². The van der Waals surface area contributed by atoms with Crippen molar-refractivity contribution in [2.45, 2.75) is 18.8 Å². The third kappa shape index (κ3) is 2.99. The minimum atomic E-state index is 0.394. The summed E-state index contributed by atoms with van der Waals surface area (Å²) in [6.07, 6.45) is 2.33. The van der Waals surface area contributed by atoms with Gasteiger partial charge in [0, 0.05) is 21.6 Å². The summed E-state index contributed by atoms with van der Waals surface area (Å²) in [4.78, 5) is 3.18. The van der Waals surface area contributed by atoms with Crippen molar-refractivity contribution in [3.8, 4) is 10.6 Å². The first-order chi connectivity index (χ1) is 11.1. The smallest absolute Gasteiger partial charge is 0.234 e. The molecule has 4 rings (SSSR count). The fraction of sp³-hybridized carbons (Fsp3) is 0.400. The van der Waals surface area contributed by atoms with Crippen molar-refractivity contribution in [2.24, 2.45) is 0 Å². The number of benzene rings is 1. The largest absolute Gasteiger partial charge is 0.306 e. The molecule has 1 aromatic carbocycles. The molecule has 0 spiro atoms. The lowest BCUT2D eigenvalue weighted by atomic mass is 9.98. The van der Waals surface area contributed by atoms with Gasteiger partial charge in [-0.05, 0) is 67.2 Å². The van der Waals surface area contributed by atoms with Gasteiger partial charge in [0.2, 0.25) is 4.96 Å². The lowest BCUT2D eigenvalue weighted by Gasteiger charge is -2.28. The molecular formula is C15H15ClIN5S. The van der Waals surface area contributed by atoms with E-state index in [1.165, 1.54) is 17.8 Å². The van der Waals surface area contributed by atoms with Gasteiger partial charge in [0.15, 0.2) is 5.82 Å². The van der Waals surface area contributed by atoms with Crippen LogP contribution >= 0.6 is 45.5 Å². The quantitative estimate of drug-likeness (QED) is 0.545. The SMILES string of the molecule is CN1CCCC(c2nnc3sc(-c4cc(I)ccc4Cl)nn23)C1. The molecule has 0 radical (unpaired) electrons. The van der Waals surface area contributed by atoms with Crippen LogP contribution in [-0.2, 0) is 0 Å². The second kappa shape index (κ2) is 6.27. The summed E-state index contributed by atoms with van der Waals surface area (Å²) in [5, 5.41) is 15.1. The van der Waals surface area contributed by atoms with Gasteiger partial charge < -0.3 is 4.90 Å². The molecule has 23 heavy (non-hydrogen) atoms. The molecule has 1 fully saturated rings. The topological polar surface area (TPSA) is 46.3 Å². The Hall–Kier alpha value is -0.770. The molecule has 8 heteroatoms. The van der Waals surface area contributed by atoms with Crippen LogP contribution in [0.4, 0.5) is 0 Å². The van der Waals surface area contributed by atoms with Gasteiger partial charge >= 0.3 is 0 Å². The van der Waals surface area contributed by atoms with Crippen LogP contribution in [0, 0.1) is 3.57 Å². The first-order valence-corrected chi connectivity index (χ1v) is 9.75. The van der Waals surface area contributed by atoms with E-state index in [9.17, 15) is 0 Å². The lowest BCUT2D eigenvalue weighted by molar-refractivity contribution is 0.244. The van der Waals surface area contributed by atoms with Crippen molar-refractivity contribution in [1.82, 2.24) is 24.7 Å². The Morgan fingerprint density at radius 3 is 3.04 bits per heavy atom. The Labute approximate surface area is 156 Å². The van der Waals surface area contributed by atoms with Gasteiger partial charge in [-0.2, -0.15) is 9.61 Å². The Balaban J connectivity index is 1.76. The van der Waals surface area contributed by atoms with Crippen LogP contribution in [0.25, 0.3) is 15.5 Å². The van der Waals surface area contributed by atoms with E-state index in [4.69, 9.17) is 16.7 Å². The standard InChI is InChI=1S/C15H15ClIN5S/c1-21-6-2-3-9(8-21)13-18-19-15-22(13)20-14(23-15)11-7-10(17)4-5-12(11)16/h4-5,7,9H,2-3,6,8H2,1H3. The van der Waals surface area contributed by atoms with Crippen LogP contribution in [0.5, 0.6) is 0 Å². The molecule has 0 amide bonds. The van der Waals surface area contributed by atoms with Crippen molar-refractivity contribution in [1.29, 1.82) is 0 Å². The molecular weight excluding hydrogens is 445 g/mol. The average molecular weight is 460 g/mol. The molecule has 5 nitrogen and oxygen atoms in total. The predicted octanol–water partition coefficient (Wildman–Crippen LogP) is 3.92. The number of aromatic nitrogens is 4. The number of hydrogen-bond acceptors (Lipinski definition) is 5. The van der Waals surface area contributed by atoms with E-state index in [1.54, 1.807) is 0 Å². The number of hydrogen-bond donors (Lipinski definition) is 0. The third-order valence-electron chi connectivity index (χ3n) is 4.16. The zero-order valence-electron chi connectivity index (χ0n) is 12.5. The zero-order valence-corrected chi connectivity index (χ0v) is 16.3. The summed E-state index contributed by atoms with van der Waals surface area (Å²) in [7, 11) is 2.16. The van der Waals surface area contributed by atoms with Crippen molar-refractivity contribution < 1.29 is 0 Å². The Bertz CT molecular complexity index is 861. The molecule has 0 aliphatic carbocycles. The minimum Gasteiger partial charge on any atom is -0.306 e. The molecule has 1 atom stereocenters. The molecule has 1 unspecified atom stereocenters. The van der Waals surface area contributed by atoms with Gasteiger partial charge in [0.05, 0.1) is 5.02 Å². The zero-order chi connectivity index (χ0) is 16.0. The number of likely N-dealkylation sites (tertiary alicyclic amines) is 1. The van der Waals surface area contributed by atoms with Gasteiger partial charge in [-0.3, -0.25) is 0 Å². The highest BCUT2D eigenvalue weighted by Crippen LogP contribution is 2.34. The summed E-state index contributed by atoms with van der Waals surface area (Å²) in [5.41, 5.74) is 0.959. The Morgan fingerprint density at radius 2 is 2.22 bits per heavy atom. The number of nitrogens with zero attached hydrogens (tertiary/aromatic N) is 5. The predicted molar refractivity (Wildman–Crippen MR) is 101 cm³/mol. The van der Waals surface area contributed by atoms with Crippen LogP contribution in [0.1, 0.15) is 24.6 Å². The molecule has 1 aliphatic rings. The van der Waals surface area contributed by atoms with Crippen LogP contribution in [-0.4, -0.2) is 44.8 Å². The summed E-state index contributed by atoms with van der Waals surface area (Å²) in [5.74, 6) is 1.36. The maximum atomic E-state index is 6.34. The molecule has 0 N–H and O–H groups in total. The number of rotatable bonds is 2. The van der Waals surface area contributed by atoms with E-state index in [0.717, 1.165) is 44.4 Å². The molecule has 120 valence electrons. The maximum absolute atomic E-state index is 6.34. The number of halogens is 2. The number of likely N-dealkylation sites (N-methyl/N-ethyl adjacent to an activating group) is 1. The summed E-state index contributed by atoms with van der Waals surface area (Å²) >= 11 is 10.2. The van der Waals surface area contributed by atoms with Crippen molar-refractivity contribution in [3.05, 3.63) is 32.6 Å². The summed E-state index contributed by atoms with van der Waals surface area (Å²) in [6, 6.07) is 5.97. The number of piperidine rings is 1. The minimum absolute atomic E-state index is 0.394. The van der Waals surface area contributed by atoms with E-state index in [1.807, 2.05) is 16.6 Å². The van der Waals surface area contributed by atoms with Crippen LogP contribution in [0.2, 0.25) is 5.02 Å². The highest BCUT2D eigenvalue weighted by molar-refractivity contribution is 14.1. The molecule has 1 aliphatic heterocycles. The molecule has 2 aromatic heterocycles. The monoisotopic (exact) mass is 459 g/mol. The van der Waals surface area contributed by atoms with Gasteiger partial charge in [-0.25, -0.2) is 0 Å². The fourth-order valence-electron chi connectivity index (χ4n) is 3.03. The maximum Gasteiger partial charge on any atom is 0.234 e. The second-order valence-electron chi connectivity index (χ2n) is 5.89. The van der Waals surface area contributed by atoms with Gasteiger partial charge in [-0.1, -0.05) is 22.9 Å². The van der Waals surface area contributed by atoms with Crippen LogP contribution in [0.15, 0.2) is 18.2 Å². The average Bonchev–Trinajstić information content (AvgIpc) is 3.09. The van der Waals surface area contributed by atoms with Gasteiger partial charge in [0.1, 0.15) is 5.01 Å². The molecule has 3 heterocycles. The van der Waals surface area contributed by atoms with Crippen molar-refractivity contribution >= 4 is 50.5 Å². The van der Waals surface area contributed by atoms with E-state index >= 15 is 0 Å². The first kappa shape index (κ1) is 15.7. The lowest BCUT2D eigenvalue weighted by Crippen LogP contribution is -2.31.